The number of terminal acetylenes is 1. The van der Waals surface area contributed by atoms with Crippen LogP contribution in [0.15, 0.2) is 0 Å². The maximum absolute atomic E-state index is 11.2. The van der Waals surface area contributed by atoms with Gasteiger partial charge >= 0.3 is 0 Å². The third kappa shape index (κ3) is 2.12. The largest absolute Gasteiger partial charge is 0.313 e. The minimum Gasteiger partial charge on any atom is -0.313 e. The van der Waals surface area contributed by atoms with Crippen LogP contribution >= 0.6 is 0 Å². The summed E-state index contributed by atoms with van der Waals surface area (Å²) in [6, 6.07) is -1.40. The summed E-state index contributed by atoms with van der Waals surface area (Å²) >= 11 is 0. The summed E-state index contributed by atoms with van der Waals surface area (Å²) in [5.41, 5.74) is 4.63. The molecule has 1 nitrogen and oxygen atoms in total. The molecular formula is C4H5F2N. The van der Waals surface area contributed by atoms with Gasteiger partial charge in [-0.05, 0) is 0 Å². The Morgan fingerprint density at radius 1 is 1.57 bits per heavy atom. The lowest BCUT2D eigenvalue weighted by atomic mass is 10.4. The van der Waals surface area contributed by atoms with Gasteiger partial charge < -0.3 is 5.73 Å². The number of hydrogen-bond acceptors (Lipinski definition) is 1. The Bertz CT molecular complexity index is 84.2. The molecule has 0 aliphatic carbocycles. The minimum atomic E-state index is -2.59. The molecule has 0 aromatic heterocycles. The predicted molar refractivity (Wildman–Crippen MR) is 22.8 cm³/mol. The van der Waals surface area contributed by atoms with Crippen LogP contribution in [-0.4, -0.2) is 12.5 Å². The van der Waals surface area contributed by atoms with Gasteiger partial charge in [-0.1, -0.05) is 5.92 Å². The molecule has 0 saturated carbocycles. The van der Waals surface area contributed by atoms with Crippen molar-refractivity contribution in [3.05, 3.63) is 0 Å². The van der Waals surface area contributed by atoms with E-state index in [0.29, 0.717) is 0 Å². The molecule has 0 aliphatic rings. The third-order valence-corrected chi connectivity index (χ3v) is 0.464. The molecule has 0 saturated heterocycles. The van der Waals surface area contributed by atoms with Gasteiger partial charge in [-0.3, -0.25) is 0 Å². The van der Waals surface area contributed by atoms with Crippen LogP contribution in [-0.2, 0) is 0 Å². The predicted octanol–water partition coefficient (Wildman–Crippen LogP) is 0.212. The van der Waals surface area contributed by atoms with Crippen LogP contribution in [0, 0.1) is 12.3 Å². The highest BCUT2D eigenvalue weighted by atomic mass is 19.3. The molecule has 1 atom stereocenters. The summed E-state index contributed by atoms with van der Waals surface area (Å²) in [5.74, 6) is 1.69. The Morgan fingerprint density at radius 3 is 2.00 bits per heavy atom. The average molecular weight is 105 g/mol. The molecule has 0 spiro atoms. The molecule has 0 aliphatic heterocycles. The van der Waals surface area contributed by atoms with Gasteiger partial charge in [0.2, 0.25) is 0 Å². The van der Waals surface area contributed by atoms with E-state index < -0.39 is 12.5 Å². The normalized spacial score (nSPS) is 13.6. The fourth-order valence-corrected chi connectivity index (χ4v) is 0.0727. The first-order valence-electron chi connectivity index (χ1n) is 1.68. The van der Waals surface area contributed by atoms with Crippen LogP contribution < -0.4 is 5.73 Å². The molecular weight excluding hydrogens is 100 g/mol. The summed E-state index contributed by atoms with van der Waals surface area (Å²) in [4.78, 5) is 0. The highest BCUT2D eigenvalue weighted by molar-refractivity contribution is 4.97. The Labute approximate surface area is 40.5 Å². The van der Waals surface area contributed by atoms with E-state index in [2.05, 4.69) is 12.2 Å². The zero-order chi connectivity index (χ0) is 5.86. The topological polar surface area (TPSA) is 26.0 Å². The van der Waals surface area contributed by atoms with Gasteiger partial charge in [-0.15, -0.1) is 6.42 Å². The van der Waals surface area contributed by atoms with E-state index in [0.717, 1.165) is 0 Å². The molecule has 0 aromatic carbocycles. The van der Waals surface area contributed by atoms with Gasteiger partial charge in [-0.25, -0.2) is 8.78 Å². The van der Waals surface area contributed by atoms with Crippen molar-refractivity contribution in [1.82, 2.24) is 0 Å². The van der Waals surface area contributed by atoms with Crippen molar-refractivity contribution in [1.29, 1.82) is 0 Å². The lowest BCUT2D eigenvalue weighted by Crippen LogP contribution is -2.25. The first-order chi connectivity index (χ1) is 3.18. The fourth-order valence-electron chi connectivity index (χ4n) is 0.0727. The van der Waals surface area contributed by atoms with Crippen LogP contribution in [0.25, 0.3) is 0 Å². The average Bonchev–Trinajstić information content (AvgIpc) is 1.65. The van der Waals surface area contributed by atoms with E-state index >= 15 is 0 Å². The first kappa shape index (κ1) is 6.38. The quantitative estimate of drug-likeness (QED) is 0.474. The van der Waals surface area contributed by atoms with E-state index in [-0.39, 0.29) is 0 Å². The van der Waals surface area contributed by atoms with Crippen LogP contribution in [0.5, 0.6) is 0 Å². The van der Waals surface area contributed by atoms with Gasteiger partial charge in [0.25, 0.3) is 6.43 Å². The summed E-state index contributed by atoms with van der Waals surface area (Å²) in [6.45, 7) is 0. The Balaban J connectivity index is 3.40. The Kier molecular flexibility index (Phi) is 2.31. The van der Waals surface area contributed by atoms with Crippen LogP contribution in [0.3, 0.4) is 0 Å². The molecule has 0 amide bonds. The molecule has 0 aromatic rings. The fraction of sp³-hybridized carbons (Fsp3) is 0.500. The Hall–Kier alpha value is -0.620. The second-order valence-corrected chi connectivity index (χ2v) is 1.03. The maximum Gasteiger partial charge on any atom is 0.264 e. The summed E-state index contributed by atoms with van der Waals surface area (Å²) in [7, 11) is 0. The zero-order valence-electron chi connectivity index (χ0n) is 3.57. The monoisotopic (exact) mass is 105 g/mol. The van der Waals surface area contributed by atoms with Crippen molar-refractivity contribution in [2.45, 2.75) is 12.5 Å². The smallest absolute Gasteiger partial charge is 0.264 e. The lowest BCUT2D eigenvalue weighted by molar-refractivity contribution is 0.136. The number of hydrogen-bond donors (Lipinski definition) is 1. The molecule has 0 bridgehead atoms. The van der Waals surface area contributed by atoms with Crippen molar-refractivity contribution in [3.8, 4) is 12.3 Å². The van der Waals surface area contributed by atoms with E-state index in [4.69, 9.17) is 0 Å². The van der Waals surface area contributed by atoms with Gasteiger partial charge in [0.05, 0.1) is 0 Å². The van der Waals surface area contributed by atoms with Gasteiger partial charge in [0.15, 0.2) is 0 Å². The van der Waals surface area contributed by atoms with Crippen molar-refractivity contribution in [2.24, 2.45) is 5.73 Å². The van der Waals surface area contributed by atoms with Crippen molar-refractivity contribution >= 4 is 0 Å². The van der Waals surface area contributed by atoms with Crippen molar-refractivity contribution in [2.75, 3.05) is 0 Å². The lowest BCUT2D eigenvalue weighted by Gasteiger charge is -1.97. The van der Waals surface area contributed by atoms with E-state index in [1.807, 2.05) is 0 Å². The molecule has 0 heterocycles. The van der Waals surface area contributed by atoms with E-state index in [1.54, 1.807) is 5.92 Å². The number of rotatable bonds is 1. The number of alkyl halides is 2. The highest BCUT2D eigenvalue weighted by Gasteiger charge is 2.09. The SMILES string of the molecule is C#CC(N)C(F)F. The highest BCUT2D eigenvalue weighted by Crippen LogP contribution is 1.93. The van der Waals surface area contributed by atoms with Gasteiger partial charge in [0, 0.05) is 0 Å². The summed E-state index contributed by atoms with van der Waals surface area (Å²) < 4.78 is 22.3. The summed E-state index contributed by atoms with van der Waals surface area (Å²) in [5, 5.41) is 0. The number of halogens is 2. The molecule has 0 rings (SSSR count). The van der Waals surface area contributed by atoms with Crippen molar-refractivity contribution < 1.29 is 8.78 Å². The van der Waals surface area contributed by atoms with Gasteiger partial charge in [0.1, 0.15) is 6.04 Å². The van der Waals surface area contributed by atoms with Crippen LogP contribution in [0.4, 0.5) is 8.78 Å². The second kappa shape index (κ2) is 2.54. The Morgan fingerprint density at radius 2 is 2.00 bits per heavy atom. The third-order valence-electron chi connectivity index (χ3n) is 0.464. The minimum absolute atomic E-state index is 1.40. The molecule has 0 radical (unpaired) electrons. The molecule has 0 fully saturated rings. The molecule has 2 N–H and O–H groups in total. The zero-order valence-corrected chi connectivity index (χ0v) is 3.57. The molecule has 7 heavy (non-hydrogen) atoms. The number of nitrogens with two attached hydrogens (primary N) is 1. The van der Waals surface area contributed by atoms with Crippen LogP contribution in [0.2, 0.25) is 0 Å². The molecule has 40 valence electrons. The van der Waals surface area contributed by atoms with E-state index in [9.17, 15) is 8.78 Å². The van der Waals surface area contributed by atoms with Crippen molar-refractivity contribution in [3.63, 3.8) is 0 Å². The standard InChI is InChI=1S/C4H5F2N/c1-2-3(7)4(5)6/h1,3-4H,7H2. The molecule has 3 heteroatoms. The van der Waals surface area contributed by atoms with Crippen LogP contribution in [0.1, 0.15) is 0 Å². The van der Waals surface area contributed by atoms with Gasteiger partial charge in [-0.2, -0.15) is 0 Å². The first-order valence-corrected chi connectivity index (χ1v) is 1.68. The maximum atomic E-state index is 11.2. The summed E-state index contributed by atoms with van der Waals surface area (Å²) in [6.07, 6.45) is 1.93. The second-order valence-electron chi connectivity index (χ2n) is 1.03. The molecule has 1 unspecified atom stereocenters. The van der Waals surface area contributed by atoms with E-state index in [1.165, 1.54) is 0 Å².